The van der Waals surface area contributed by atoms with Crippen molar-refractivity contribution in [2.75, 3.05) is 0 Å². The average molecular weight is 410 g/mol. The van der Waals surface area contributed by atoms with Gasteiger partial charge in [0.1, 0.15) is 17.1 Å². The van der Waals surface area contributed by atoms with E-state index in [0.29, 0.717) is 0 Å². The fourth-order valence-corrected chi connectivity index (χ4v) is 4.14. The average Bonchev–Trinajstić information content (AvgIpc) is 3.05. The molecule has 1 unspecified atom stereocenters. The molecule has 152 valence electrons. The van der Waals surface area contributed by atoms with Crippen LogP contribution in [-0.4, -0.2) is 22.2 Å². The van der Waals surface area contributed by atoms with Crippen LogP contribution in [0.3, 0.4) is 0 Å². The van der Waals surface area contributed by atoms with Crippen LogP contribution >= 0.6 is 0 Å². The Balaban J connectivity index is 1.47. The highest BCUT2D eigenvalue weighted by Gasteiger charge is 2.30. The molecule has 0 aliphatic heterocycles. The molecule has 0 radical (unpaired) electrons. The summed E-state index contributed by atoms with van der Waals surface area (Å²) in [4.78, 5) is 25.1. The maximum absolute atomic E-state index is 12.7. The molecule has 1 atom stereocenters. The molecule has 5 rings (SSSR count). The van der Waals surface area contributed by atoms with Gasteiger partial charge in [-0.05, 0) is 57.3 Å². The normalized spacial score (nSPS) is 14.0. The van der Waals surface area contributed by atoms with Crippen LogP contribution in [0.4, 0.5) is 4.79 Å². The summed E-state index contributed by atoms with van der Waals surface area (Å²) in [6.45, 7) is 0. The van der Waals surface area contributed by atoms with Gasteiger partial charge >= 0.3 is 6.03 Å². The third kappa shape index (κ3) is 3.14. The number of urea groups is 1. The van der Waals surface area contributed by atoms with Crippen molar-refractivity contribution < 1.29 is 19.8 Å². The van der Waals surface area contributed by atoms with E-state index in [-0.39, 0.29) is 5.56 Å². The third-order valence-corrected chi connectivity index (χ3v) is 5.54. The molecule has 31 heavy (non-hydrogen) atoms. The van der Waals surface area contributed by atoms with E-state index in [1.807, 2.05) is 54.6 Å². The number of imide groups is 1. The number of hydrogen-bond donors (Lipinski definition) is 4. The first-order valence-corrected chi connectivity index (χ1v) is 9.77. The summed E-state index contributed by atoms with van der Waals surface area (Å²) in [6, 6.07) is 22.7. The van der Waals surface area contributed by atoms with Crippen molar-refractivity contribution in [3.8, 4) is 22.6 Å². The van der Waals surface area contributed by atoms with Crippen molar-refractivity contribution in [2.45, 2.75) is 6.04 Å². The molecule has 4 N–H and O–H groups in total. The number of carbonyl (C=O) groups is 2. The molecule has 1 aliphatic carbocycles. The predicted octanol–water partition coefficient (Wildman–Crippen LogP) is 4.46. The summed E-state index contributed by atoms with van der Waals surface area (Å²) < 4.78 is 0. The molecule has 4 aromatic carbocycles. The Labute approximate surface area is 177 Å². The Hall–Kier alpha value is -4.32. The largest absolute Gasteiger partial charge is 0.507 e. The molecule has 6 nitrogen and oxygen atoms in total. The molecule has 0 saturated carbocycles. The molecular formula is C25H18N2O4. The van der Waals surface area contributed by atoms with Crippen LogP contribution in [0.5, 0.6) is 11.5 Å². The van der Waals surface area contributed by atoms with Gasteiger partial charge < -0.3 is 15.5 Å². The van der Waals surface area contributed by atoms with Crippen molar-refractivity contribution >= 4 is 22.7 Å². The van der Waals surface area contributed by atoms with Crippen molar-refractivity contribution in [2.24, 2.45) is 0 Å². The van der Waals surface area contributed by atoms with Gasteiger partial charge in [-0.3, -0.25) is 10.1 Å². The van der Waals surface area contributed by atoms with E-state index >= 15 is 0 Å². The van der Waals surface area contributed by atoms with Crippen LogP contribution in [0.25, 0.3) is 21.9 Å². The summed E-state index contributed by atoms with van der Waals surface area (Å²) in [7, 11) is 0. The lowest BCUT2D eigenvalue weighted by Gasteiger charge is -2.17. The second-order valence-corrected chi connectivity index (χ2v) is 7.41. The van der Waals surface area contributed by atoms with E-state index in [4.69, 9.17) is 0 Å². The second-order valence-electron chi connectivity index (χ2n) is 7.41. The van der Waals surface area contributed by atoms with Gasteiger partial charge in [-0.2, -0.15) is 0 Å². The van der Waals surface area contributed by atoms with E-state index in [2.05, 4.69) is 16.7 Å². The zero-order valence-electron chi connectivity index (χ0n) is 16.3. The van der Waals surface area contributed by atoms with Crippen LogP contribution in [0.2, 0.25) is 0 Å². The predicted molar refractivity (Wildman–Crippen MR) is 117 cm³/mol. The van der Waals surface area contributed by atoms with E-state index in [9.17, 15) is 19.8 Å². The van der Waals surface area contributed by atoms with Crippen molar-refractivity contribution in [3.05, 3.63) is 95.6 Å². The molecule has 1 aliphatic rings. The number of carbonyl (C=O) groups excluding carboxylic acids is 2. The van der Waals surface area contributed by atoms with Gasteiger partial charge in [0.15, 0.2) is 0 Å². The number of nitrogens with one attached hydrogen (secondary N) is 2. The molecule has 0 fully saturated rings. The van der Waals surface area contributed by atoms with Gasteiger partial charge in [0.2, 0.25) is 0 Å². The SMILES string of the molecule is O=C(NC(=O)c1c(O)cccc1O)NC1c2ccccc2-c2cc3ccccc3cc21. The van der Waals surface area contributed by atoms with Gasteiger partial charge in [0.25, 0.3) is 5.91 Å². The lowest BCUT2D eigenvalue weighted by Crippen LogP contribution is -2.41. The molecule has 0 bridgehead atoms. The minimum absolute atomic E-state index is 0.351. The maximum Gasteiger partial charge on any atom is 0.322 e. The van der Waals surface area contributed by atoms with Gasteiger partial charge in [-0.25, -0.2) is 4.79 Å². The van der Waals surface area contributed by atoms with Crippen LogP contribution in [0.1, 0.15) is 27.5 Å². The van der Waals surface area contributed by atoms with Gasteiger partial charge in [0.05, 0.1) is 6.04 Å². The molecule has 0 heterocycles. The number of hydrogen-bond acceptors (Lipinski definition) is 4. The van der Waals surface area contributed by atoms with Gasteiger partial charge in [0, 0.05) is 0 Å². The number of benzene rings is 4. The summed E-state index contributed by atoms with van der Waals surface area (Å²) >= 11 is 0. The number of phenolic OH excluding ortho intramolecular Hbond substituents is 2. The molecule has 0 spiro atoms. The second kappa shape index (κ2) is 7.18. The first-order valence-electron chi connectivity index (χ1n) is 9.77. The van der Waals surface area contributed by atoms with Crippen LogP contribution in [0, 0.1) is 0 Å². The van der Waals surface area contributed by atoms with Crippen molar-refractivity contribution in [1.82, 2.24) is 10.6 Å². The standard InChI is InChI=1S/C25H18N2O4/c28-20-10-5-11-21(29)22(20)24(30)27-25(31)26-23-17-9-4-3-8-16(17)18-12-14-6-1-2-7-15(14)13-19(18)23/h1-13,23,28-29H,(H2,26,27,30,31). The third-order valence-electron chi connectivity index (χ3n) is 5.54. The lowest BCUT2D eigenvalue weighted by molar-refractivity contribution is 0.0958. The Kier molecular flexibility index (Phi) is 4.33. The van der Waals surface area contributed by atoms with Crippen molar-refractivity contribution in [3.63, 3.8) is 0 Å². The van der Waals surface area contributed by atoms with E-state index in [1.165, 1.54) is 18.2 Å². The first-order chi connectivity index (χ1) is 15.0. The highest BCUT2D eigenvalue weighted by Crippen LogP contribution is 2.44. The Morgan fingerprint density at radius 3 is 2.10 bits per heavy atom. The monoisotopic (exact) mass is 410 g/mol. The Morgan fingerprint density at radius 1 is 0.710 bits per heavy atom. The summed E-state index contributed by atoms with van der Waals surface area (Å²) in [5, 5.41) is 26.9. The summed E-state index contributed by atoms with van der Waals surface area (Å²) in [5.41, 5.74) is 3.58. The zero-order valence-corrected chi connectivity index (χ0v) is 16.3. The number of aromatic hydroxyl groups is 2. The van der Waals surface area contributed by atoms with Gasteiger partial charge in [-0.15, -0.1) is 0 Å². The highest BCUT2D eigenvalue weighted by molar-refractivity contribution is 6.07. The van der Waals surface area contributed by atoms with Crippen LogP contribution < -0.4 is 10.6 Å². The first kappa shape index (κ1) is 18.7. The van der Waals surface area contributed by atoms with Crippen LogP contribution in [0.15, 0.2) is 78.9 Å². The van der Waals surface area contributed by atoms with Crippen LogP contribution in [-0.2, 0) is 0 Å². The molecular weight excluding hydrogens is 392 g/mol. The van der Waals surface area contributed by atoms with E-state index in [0.717, 1.165) is 33.0 Å². The number of fused-ring (bicyclic) bond motifs is 4. The molecule has 0 saturated heterocycles. The molecule has 4 aromatic rings. The Bertz CT molecular complexity index is 1340. The Morgan fingerprint density at radius 2 is 1.35 bits per heavy atom. The smallest absolute Gasteiger partial charge is 0.322 e. The summed E-state index contributed by atoms with van der Waals surface area (Å²) in [5.74, 6) is -1.71. The topological polar surface area (TPSA) is 98.7 Å². The fraction of sp³-hybridized carbons (Fsp3) is 0.0400. The lowest BCUT2D eigenvalue weighted by atomic mass is 10.00. The number of rotatable bonds is 2. The molecule has 3 amide bonds. The summed E-state index contributed by atoms with van der Waals surface area (Å²) in [6.07, 6.45) is 0. The van der Waals surface area contributed by atoms with E-state index < -0.39 is 29.5 Å². The number of phenols is 2. The molecule has 6 heteroatoms. The van der Waals surface area contributed by atoms with E-state index in [1.54, 1.807) is 0 Å². The minimum atomic E-state index is -0.891. The maximum atomic E-state index is 12.7. The van der Waals surface area contributed by atoms with Crippen molar-refractivity contribution in [1.29, 1.82) is 0 Å². The highest BCUT2D eigenvalue weighted by atomic mass is 16.3. The quantitative estimate of drug-likeness (QED) is 0.392. The fourth-order valence-electron chi connectivity index (χ4n) is 4.14. The van der Waals surface area contributed by atoms with Gasteiger partial charge in [-0.1, -0.05) is 54.6 Å². The number of amides is 3. The minimum Gasteiger partial charge on any atom is -0.507 e. The zero-order chi connectivity index (χ0) is 21.5. The molecule has 0 aromatic heterocycles.